The summed E-state index contributed by atoms with van der Waals surface area (Å²) in [6, 6.07) is 18.7. The van der Waals surface area contributed by atoms with Gasteiger partial charge in [-0.2, -0.15) is 0 Å². The Morgan fingerprint density at radius 2 is 1.73 bits per heavy atom. The minimum Gasteiger partial charge on any atom is -0.493 e. The molecule has 0 aliphatic carbocycles. The number of hydrogen-bond acceptors (Lipinski definition) is 4. The number of amides is 2. The van der Waals surface area contributed by atoms with E-state index in [2.05, 4.69) is 5.32 Å². The van der Waals surface area contributed by atoms with Gasteiger partial charge in [-0.1, -0.05) is 30.3 Å². The number of carbonyl (C=O) groups is 2. The number of aromatic nitrogens is 1. The van der Waals surface area contributed by atoms with E-state index in [0.717, 1.165) is 5.56 Å². The maximum atomic E-state index is 13.3. The summed E-state index contributed by atoms with van der Waals surface area (Å²) in [6.07, 6.45) is 3.12. The molecule has 0 saturated heterocycles. The molecule has 0 aliphatic rings. The van der Waals surface area contributed by atoms with Crippen LogP contribution in [0.4, 0.5) is 0 Å². The molecule has 7 heteroatoms. The summed E-state index contributed by atoms with van der Waals surface area (Å²) in [5.74, 6) is 0.826. The lowest BCUT2D eigenvalue weighted by atomic mass is 10.0. The van der Waals surface area contributed by atoms with E-state index in [-0.39, 0.29) is 17.9 Å². The molecule has 0 bridgehead atoms. The summed E-state index contributed by atoms with van der Waals surface area (Å²) in [6.45, 7) is 0.449. The van der Waals surface area contributed by atoms with E-state index < -0.39 is 0 Å². The Kier molecular flexibility index (Phi) is 8.13. The van der Waals surface area contributed by atoms with Crippen molar-refractivity contribution in [1.29, 1.82) is 0 Å². The van der Waals surface area contributed by atoms with Crippen LogP contribution in [-0.4, -0.2) is 55.1 Å². The van der Waals surface area contributed by atoms with Gasteiger partial charge in [-0.05, 0) is 48.7 Å². The highest BCUT2D eigenvalue weighted by atomic mass is 16.5. The molecule has 3 aromatic rings. The van der Waals surface area contributed by atoms with Crippen molar-refractivity contribution in [3.05, 3.63) is 83.7 Å². The summed E-state index contributed by atoms with van der Waals surface area (Å²) in [4.78, 5) is 27.5. The highest BCUT2D eigenvalue weighted by molar-refractivity contribution is 5.95. The van der Waals surface area contributed by atoms with Crippen molar-refractivity contribution < 1.29 is 19.1 Å². The van der Waals surface area contributed by atoms with E-state index >= 15 is 0 Å². The topological polar surface area (TPSA) is 72.8 Å². The number of nitrogens with one attached hydrogen (secondary N) is 1. The van der Waals surface area contributed by atoms with Crippen LogP contribution in [0.25, 0.3) is 0 Å². The average molecular weight is 450 g/mol. The molecule has 174 valence electrons. The van der Waals surface area contributed by atoms with Crippen LogP contribution in [0, 0.1) is 0 Å². The van der Waals surface area contributed by atoms with E-state index in [1.165, 1.54) is 0 Å². The van der Waals surface area contributed by atoms with Gasteiger partial charge < -0.3 is 24.3 Å². The first-order valence-electron chi connectivity index (χ1n) is 10.9. The molecule has 1 aromatic heterocycles. The minimum absolute atomic E-state index is 0.110. The predicted octanol–water partition coefficient (Wildman–Crippen LogP) is 3.55. The van der Waals surface area contributed by atoms with E-state index in [4.69, 9.17) is 9.47 Å². The van der Waals surface area contributed by atoms with Gasteiger partial charge in [0.05, 0.1) is 14.2 Å². The van der Waals surface area contributed by atoms with Crippen molar-refractivity contribution >= 4 is 11.8 Å². The van der Waals surface area contributed by atoms with E-state index in [0.29, 0.717) is 42.1 Å². The van der Waals surface area contributed by atoms with Crippen LogP contribution in [0.2, 0.25) is 0 Å². The lowest BCUT2D eigenvalue weighted by molar-refractivity contribution is 0.0722. The molecule has 0 saturated carbocycles. The standard InChI is InChI=1S/C26H31N3O4/c1-28-16-8-11-22(28)25(30)27-15-14-21(17-19-9-6-5-7-10-19)29(2)26(31)20-12-13-23(32-3)24(18-20)33-4/h5-13,16,18,21H,14-15,17H2,1-4H3,(H,27,30). The minimum atomic E-state index is -0.130. The Balaban J connectivity index is 1.74. The number of rotatable bonds is 10. The first-order valence-corrected chi connectivity index (χ1v) is 10.9. The van der Waals surface area contributed by atoms with Crippen LogP contribution in [0.3, 0.4) is 0 Å². The van der Waals surface area contributed by atoms with Gasteiger partial charge in [-0.3, -0.25) is 9.59 Å². The summed E-state index contributed by atoms with van der Waals surface area (Å²) in [5.41, 5.74) is 2.24. The Hall–Kier alpha value is -3.74. The second kappa shape index (κ2) is 11.2. The Bertz CT molecular complexity index is 1080. The maximum Gasteiger partial charge on any atom is 0.267 e. The number of ether oxygens (including phenoxy) is 2. The second-order valence-electron chi connectivity index (χ2n) is 7.88. The van der Waals surface area contributed by atoms with E-state index in [1.807, 2.05) is 49.6 Å². The van der Waals surface area contributed by atoms with Crippen LogP contribution < -0.4 is 14.8 Å². The zero-order valence-corrected chi connectivity index (χ0v) is 19.6. The third kappa shape index (κ3) is 5.94. The zero-order chi connectivity index (χ0) is 23.8. The first-order chi connectivity index (χ1) is 15.9. The molecule has 3 rings (SSSR count). The molecule has 1 heterocycles. The molecule has 33 heavy (non-hydrogen) atoms. The monoisotopic (exact) mass is 449 g/mol. The molecule has 2 amide bonds. The van der Waals surface area contributed by atoms with Crippen molar-refractivity contribution in [2.45, 2.75) is 18.9 Å². The molecule has 1 unspecified atom stereocenters. The number of benzene rings is 2. The third-order valence-electron chi connectivity index (χ3n) is 5.75. The van der Waals surface area contributed by atoms with Crippen LogP contribution >= 0.6 is 0 Å². The summed E-state index contributed by atoms with van der Waals surface area (Å²) < 4.78 is 12.4. The molecule has 1 N–H and O–H groups in total. The van der Waals surface area contributed by atoms with Gasteiger partial charge in [0.25, 0.3) is 11.8 Å². The van der Waals surface area contributed by atoms with Crippen molar-refractivity contribution in [2.24, 2.45) is 7.05 Å². The fourth-order valence-corrected chi connectivity index (χ4v) is 3.80. The van der Waals surface area contributed by atoms with Crippen molar-refractivity contribution in [3.63, 3.8) is 0 Å². The number of aryl methyl sites for hydroxylation is 1. The zero-order valence-electron chi connectivity index (χ0n) is 19.6. The number of nitrogens with zero attached hydrogens (tertiary/aromatic N) is 2. The summed E-state index contributed by atoms with van der Waals surface area (Å²) >= 11 is 0. The van der Waals surface area contributed by atoms with Gasteiger partial charge in [-0.25, -0.2) is 0 Å². The maximum absolute atomic E-state index is 13.3. The van der Waals surface area contributed by atoms with Gasteiger partial charge in [0.1, 0.15) is 5.69 Å². The molecule has 0 spiro atoms. The molecule has 7 nitrogen and oxygen atoms in total. The van der Waals surface area contributed by atoms with Gasteiger partial charge >= 0.3 is 0 Å². The quantitative estimate of drug-likeness (QED) is 0.514. The fraction of sp³-hybridized carbons (Fsp3) is 0.308. The van der Waals surface area contributed by atoms with Crippen LogP contribution in [0.1, 0.15) is 32.8 Å². The Morgan fingerprint density at radius 1 is 1.00 bits per heavy atom. The van der Waals surface area contributed by atoms with Crippen molar-refractivity contribution in [1.82, 2.24) is 14.8 Å². The predicted molar refractivity (Wildman–Crippen MR) is 128 cm³/mol. The molecular weight excluding hydrogens is 418 g/mol. The van der Waals surface area contributed by atoms with Crippen LogP contribution in [0.5, 0.6) is 11.5 Å². The first kappa shape index (κ1) is 23.9. The van der Waals surface area contributed by atoms with Gasteiger partial charge in [0.15, 0.2) is 11.5 Å². The number of carbonyl (C=O) groups excluding carboxylic acids is 2. The SMILES string of the molecule is COc1ccc(C(=O)N(C)C(CCNC(=O)c2cccn2C)Cc2ccccc2)cc1OC. The second-order valence-corrected chi connectivity index (χ2v) is 7.88. The molecule has 0 radical (unpaired) electrons. The number of likely N-dealkylation sites (N-methyl/N-ethyl adjacent to an activating group) is 1. The normalized spacial score (nSPS) is 11.5. The molecule has 1 atom stereocenters. The molecular formula is C26H31N3O4. The van der Waals surface area contributed by atoms with Gasteiger partial charge in [0.2, 0.25) is 0 Å². The van der Waals surface area contributed by atoms with Gasteiger partial charge in [-0.15, -0.1) is 0 Å². The Morgan fingerprint density at radius 3 is 2.36 bits per heavy atom. The lowest BCUT2D eigenvalue weighted by Gasteiger charge is -2.29. The highest BCUT2D eigenvalue weighted by Gasteiger charge is 2.23. The van der Waals surface area contributed by atoms with Gasteiger partial charge in [0, 0.05) is 38.4 Å². The number of hydrogen-bond donors (Lipinski definition) is 1. The van der Waals surface area contributed by atoms with E-state index in [1.54, 1.807) is 55.0 Å². The number of methoxy groups -OCH3 is 2. The van der Waals surface area contributed by atoms with Crippen molar-refractivity contribution in [3.8, 4) is 11.5 Å². The highest BCUT2D eigenvalue weighted by Crippen LogP contribution is 2.28. The van der Waals surface area contributed by atoms with Crippen LogP contribution in [-0.2, 0) is 13.5 Å². The van der Waals surface area contributed by atoms with E-state index in [9.17, 15) is 9.59 Å². The third-order valence-corrected chi connectivity index (χ3v) is 5.75. The van der Waals surface area contributed by atoms with Crippen molar-refractivity contribution in [2.75, 3.05) is 27.8 Å². The van der Waals surface area contributed by atoms with Crippen LogP contribution in [0.15, 0.2) is 66.9 Å². The average Bonchev–Trinajstić information content (AvgIpc) is 3.28. The Labute approximate surface area is 194 Å². The summed E-state index contributed by atoms with van der Waals surface area (Å²) in [7, 11) is 6.74. The smallest absolute Gasteiger partial charge is 0.267 e. The largest absolute Gasteiger partial charge is 0.493 e. The molecule has 0 aliphatic heterocycles. The molecule has 2 aromatic carbocycles. The lowest BCUT2D eigenvalue weighted by Crippen LogP contribution is -2.41. The molecule has 0 fully saturated rings. The fourth-order valence-electron chi connectivity index (χ4n) is 3.80. The summed E-state index contributed by atoms with van der Waals surface area (Å²) in [5, 5.41) is 2.97.